The molecule has 1 aliphatic carbocycles. The Morgan fingerprint density at radius 1 is 1.05 bits per heavy atom. The molecule has 0 amide bonds. The fourth-order valence-corrected chi connectivity index (χ4v) is 2.93. The van der Waals surface area contributed by atoms with Gasteiger partial charge in [-0.1, -0.05) is 24.3 Å². The van der Waals surface area contributed by atoms with Gasteiger partial charge in [0, 0.05) is 12.2 Å². The molecule has 0 bridgehead atoms. The lowest BCUT2D eigenvalue weighted by Gasteiger charge is -2.20. The minimum Gasteiger partial charge on any atom is -0.497 e. The van der Waals surface area contributed by atoms with E-state index in [2.05, 4.69) is 35.6 Å². The van der Waals surface area contributed by atoms with Crippen LogP contribution in [0.4, 0.5) is 5.69 Å². The summed E-state index contributed by atoms with van der Waals surface area (Å²) in [7, 11) is 1.71. The molecule has 2 aromatic carbocycles. The van der Waals surface area contributed by atoms with Gasteiger partial charge in [0.05, 0.1) is 7.11 Å². The molecule has 1 N–H and O–H groups in total. The molecule has 20 heavy (non-hydrogen) atoms. The number of ether oxygens (including phenoxy) is 1. The fourth-order valence-electron chi connectivity index (χ4n) is 2.93. The summed E-state index contributed by atoms with van der Waals surface area (Å²) >= 11 is 0. The largest absolute Gasteiger partial charge is 0.497 e. The number of fused-ring (bicyclic) bond motifs is 1. The average molecular weight is 267 g/mol. The molecule has 3 rings (SSSR count). The minimum absolute atomic E-state index is 0.841. The van der Waals surface area contributed by atoms with Gasteiger partial charge in [-0.25, -0.2) is 0 Å². The van der Waals surface area contributed by atoms with Crippen molar-refractivity contribution in [3.05, 3.63) is 59.2 Å². The standard InChI is InChI=1S/C18H21NO/c1-20-16-9-4-6-14(12-16)13-19-18-11-5-8-15-7-2-3-10-17(15)18/h4-6,8-9,11-12,19H,2-3,7,10,13H2,1H3. The summed E-state index contributed by atoms with van der Waals surface area (Å²) < 4.78 is 5.27. The maximum absolute atomic E-state index is 5.27. The number of hydrogen-bond acceptors (Lipinski definition) is 2. The van der Waals surface area contributed by atoms with Gasteiger partial charge in [-0.2, -0.15) is 0 Å². The van der Waals surface area contributed by atoms with Crippen molar-refractivity contribution in [2.75, 3.05) is 12.4 Å². The third-order valence-corrected chi connectivity index (χ3v) is 4.01. The van der Waals surface area contributed by atoms with Gasteiger partial charge in [-0.3, -0.25) is 0 Å². The van der Waals surface area contributed by atoms with E-state index in [1.54, 1.807) is 7.11 Å². The van der Waals surface area contributed by atoms with E-state index in [1.807, 2.05) is 12.1 Å². The molecule has 2 nitrogen and oxygen atoms in total. The van der Waals surface area contributed by atoms with Crippen LogP contribution in [0.5, 0.6) is 5.75 Å². The maximum atomic E-state index is 5.27. The molecule has 0 spiro atoms. The number of anilines is 1. The summed E-state index contributed by atoms with van der Waals surface area (Å²) in [5.74, 6) is 0.916. The smallest absolute Gasteiger partial charge is 0.119 e. The Kier molecular flexibility index (Phi) is 3.91. The Bertz CT molecular complexity index is 592. The Hall–Kier alpha value is -1.96. The number of nitrogens with one attached hydrogen (secondary N) is 1. The Balaban J connectivity index is 1.75. The van der Waals surface area contributed by atoms with Crippen LogP contribution in [-0.2, 0) is 19.4 Å². The third kappa shape index (κ3) is 2.79. The van der Waals surface area contributed by atoms with Crippen LogP contribution in [0, 0.1) is 0 Å². The second kappa shape index (κ2) is 6.00. The molecule has 0 unspecified atom stereocenters. The van der Waals surface area contributed by atoms with Crippen LogP contribution < -0.4 is 10.1 Å². The first-order valence-electron chi connectivity index (χ1n) is 7.34. The van der Waals surface area contributed by atoms with Crippen LogP contribution >= 0.6 is 0 Å². The second-order valence-corrected chi connectivity index (χ2v) is 5.36. The predicted molar refractivity (Wildman–Crippen MR) is 83.4 cm³/mol. The zero-order valence-electron chi connectivity index (χ0n) is 12.0. The molecule has 0 atom stereocenters. The Morgan fingerprint density at radius 3 is 2.80 bits per heavy atom. The third-order valence-electron chi connectivity index (χ3n) is 4.01. The molecule has 0 saturated heterocycles. The highest BCUT2D eigenvalue weighted by Crippen LogP contribution is 2.28. The molecule has 1 aliphatic rings. The van der Waals surface area contributed by atoms with Gasteiger partial charge in [0.2, 0.25) is 0 Å². The van der Waals surface area contributed by atoms with Gasteiger partial charge in [0.1, 0.15) is 5.75 Å². The van der Waals surface area contributed by atoms with Gasteiger partial charge in [0.15, 0.2) is 0 Å². The first-order valence-corrected chi connectivity index (χ1v) is 7.34. The van der Waals surface area contributed by atoms with E-state index in [0.29, 0.717) is 0 Å². The molecule has 0 aromatic heterocycles. The summed E-state index contributed by atoms with van der Waals surface area (Å²) in [5, 5.41) is 3.58. The summed E-state index contributed by atoms with van der Waals surface area (Å²) in [4.78, 5) is 0. The van der Waals surface area contributed by atoms with E-state index in [-0.39, 0.29) is 0 Å². The monoisotopic (exact) mass is 267 g/mol. The van der Waals surface area contributed by atoms with Crippen molar-refractivity contribution in [2.24, 2.45) is 0 Å². The molecular weight excluding hydrogens is 246 g/mol. The van der Waals surface area contributed by atoms with Crippen molar-refractivity contribution < 1.29 is 4.74 Å². The van der Waals surface area contributed by atoms with E-state index >= 15 is 0 Å². The van der Waals surface area contributed by atoms with Crippen LogP contribution in [0.2, 0.25) is 0 Å². The van der Waals surface area contributed by atoms with Crippen LogP contribution in [0.3, 0.4) is 0 Å². The topological polar surface area (TPSA) is 21.3 Å². The number of benzene rings is 2. The number of aryl methyl sites for hydroxylation is 1. The van der Waals surface area contributed by atoms with Crippen LogP contribution in [0.1, 0.15) is 29.5 Å². The summed E-state index contributed by atoms with van der Waals surface area (Å²) in [6.07, 6.45) is 5.07. The SMILES string of the molecule is COc1cccc(CNc2cccc3c2CCCC3)c1. The first kappa shape index (κ1) is 13.0. The van der Waals surface area contributed by atoms with Gasteiger partial charge in [-0.05, 0) is 60.6 Å². The number of methoxy groups -OCH3 is 1. The molecule has 2 heteroatoms. The van der Waals surface area contributed by atoms with Gasteiger partial charge < -0.3 is 10.1 Å². The van der Waals surface area contributed by atoms with Crippen molar-refractivity contribution in [1.82, 2.24) is 0 Å². The van der Waals surface area contributed by atoms with E-state index in [4.69, 9.17) is 4.74 Å². The molecule has 0 saturated carbocycles. The normalized spacial score (nSPS) is 13.7. The molecule has 0 fully saturated rings. The zero-order valence-corrected chi connectivity index (χ0v) is 12.0. The molecule has 0 aliphatic heterocycles. The van der Waals surface area contributed by atoms with Crippen LogP contribution in [0.15, 0.2) is 42.5 Å². The van der Waals surface area contributed by atoms with Crippen molar-refractivity contribution in [3.8, 4) is 5.75 Å². The quantitative estimate of drug-likeness (QED) is 0.897. The lowest BCUT2D eigenvalue weighted by atomic mass is 9.90. The van der Waals surface area contributed by atoms with Crippen molar-refractivity contribution in [2.45, 2.75) is 32.2 Å². The van der Waals surface area contributed by atoms with Gasteiger partial charge in [0.25, 0.3) is 0 Å². The Labute approximate surface area is 120 Å². The van der Waals surface area contributed by atoms with Gasteiger partial charge in [-0.15, -0.1) is 0 Å². The summed E-state index contributed by atoms with van der Waals surface area (Å²) in [6.45, 7) is 0.841. The summed E-state index contributed by atoms with van der Waals surface area (Å²) in [5.41, 5.74) is 5.58. The van der Waals surface area contributed by atoms with Crippen LogP contribution in [0.25, 0.3) is 0 Å². The van der Waals surface area contributed by atoms with Crippen LogP contribution in [-0.4, -0.2) is 7.11 Å². The number of rotatable bonds is 4. The van der Waals surface area contributed by atoms with Gasteiger partial charge >= 0.3 is 0 Å². The lowest BCUT2D eigenvalue weighted by molar-refractivity contribution is 0.414. The average Bonchev–Trinajstić information content (AvgIpc) is 2.53. The van der Waals surface area contributed by atoms with Crippen molar-refractivity contribution >= 4 is 5.69 Å². The highest BCUT2D eigenvalue weighted by atomic mass is 16.5. The molecule has 104 valence electrons. The fraction of sp³-hybridized carbons (Fsp3) is 0.333. The first-order chi connectivity index (χ1) is 9.86. The Morgan fingerprint density at radius 2 is 1.90 bits per heavy atom. The molecule has 0 heterocycles. The predicted octanol–water partition coefficient (Wildman–Crippen LogP) is 4.19. The highest BCUT2D eigenvalue weighted by Gasteiger charge is 2.12. The highest BCUT2D eigenvalue weighted by molar-refractivity contribution is 5.56. The van der Waals surface area contributed by atoms with Crippen molar-refractivity contribution in [3.63, 3.8) is 0 Å². The van der Waals surface area contributed by atoms with E-state index < -0.39 is 0 Å². The van der Waals surface area contributed by atoms with E-state index in [0.717, 1.165) is 12.3 Å². The molecule has 0 radical (unpaired) electrons. The summed E-state index contributed by atoms with van der Waals surface area (Å²) in [6, 6.07) is 14.9. The maximum Gasteiger partial charge on any atom is 0.119 e. The number of hydrogen-bond donors (Lipinski definition) is 1. The van der Waals surface area contributed by atoms with Crippen molar-refractivity contribution in [1.29, 1.82) is 0 Å². The lowest BCUT2D eigenvalue weighted by Crippen LogP contribution is -2.08. The van der Waals surface area contributed by atoms with E-state index in [1.165, 1.54) is 48.1 Å². The minimum atomic E-state index is 0.841. The molecular formula is C18H21NO. The zero-order chi connectivity index (χ0) is 13.8. The molecule has 2 aromatic rings. The second-order valence-electron chi connectivity index (χ2n) is 5.36. The van der Waals surface area contributed by atoms with E-state index in [9.17, 15) is 0 Å².